The van der Waals surface area contributed by atoms with Gasteiger partial charge in [0.15, 0.2) is 5.78 Å². The van der Waals surface area contributed by atoms with Gasteiger partial charge in [-0.3, -0.25) is 14.5 Å². The van der Waals surface area contributed by atoms with Crippen molar-refractivity contribution in [3.8, 4) is 0 Å². The zero-order chi connectivity index (χ0) is 17.5. The maximum atomic E-state index is 12.7. The highest BCUT2D eigenvalue weighted by Gasteiger charge is 2.52. The van der Waals surface area contributed by atoms with Gasteiger partial charge in [0.2, 0.25) is 0 Å². The summed E-state index contributed by atoms with van der Waals surface area (Å²) in [5, 5.41) is 2.63. The third kappa shape index (κ3) is 2.76. The first-order chi connectivity index (χ1) is 11.2. The van der Waals surface area contributed by atoms with Gasteiger partial charge in [0.25, 0.3) is 5.91 Å². The number of urea groups is 1. The lowest BCUT2D eigenvalue weighted by molar-refractivity contribution is -0.137. The van der Waals surface area contributed by atoms with Gasteiger partial charge < -0.3 is 5.32 Å². The van der Waals surface area contributed by atoms with Gasteiger partial charge in [0.1, 0.15) is 5.54 Å². The number of hydrogen-bond acceptors (Lipinski definition) is 3. The van der Waals surface area contributed by atoms with Crippen molar-refractivity contribution in [2.24, 2.45) is 0 Å². The number of nitrogens with one attached hydrogen (secondary N) is 1. The zero-order valence-electron chi connectivity index (χ0n) is 12.7. The zero-order valence-corrected chi connectivity index (χ0v) is 12.7. The number of carbonyl (C=O) groups is 3. The minimum Gasteiger partial charge on any atom is -0.323 e. The van der Waals surface area contributed by atoms with Gasteiger partial charge in [0.05, 0.1) is 12.1 Å². The van der Waals surface area contributed by atoms with E-state index in [4.69, 9.17) is 0 Å². The molecule has 5 nitrogen and oxygen atoms in total. The molecule has 1 saturated carbocycles. The van der Waals surface area contributed by atoms with Crippen molar-refractivity contribution in [1.29, 1.82) is 0 Å². The summed E-state index contributed by atoms with van der Waals surface area (Å²) in [6, 6.07) is 3.29. The van der Waals surface area contributed by atoms with Crippen LogP contribution in [0, 0.1) is 0 Å². The van der Waals surface area contributed by atoms with Crippen LogP contribution in [0.15, 0.2) is 24.3 Å². The van der Waals surface area contributed by atoms with E-state index >= 15 is 0 Å². The molecule has 128 valence electrons. The number of nitrogens with zero attached hydrogens (tertiary/aromatic N) is 1. The molecule has 1 aliphatic heterocycles. The number of rotatable bonds is 3. The highest BCUT2D eigenvalue weighted by Crippen LogP contribution is 2.35. The topological polar surface area (TPSA) is 66.5 Å². The second kappa shape index (κ2) is 5.61. The van der Waals surface area contributed by atoms with Crippen molar-refractivity contribution >= 4 is 17.7 Å². The standard InChI is InChI=1S/C16H15F3N2O3/c17-16(18,19)11-5-3-4-10(8-11)12(22)9-21-13(23)15(20-14(21)24)6-1-2-7-15/h3-5,8H,1-2,6-7,9H2,(H,20,24). The molecule has 1 spiro atoms. The first-order valence-electron chi connectivity index (χ1n) is 7.57. The third-order valence-corrected chi connectivity index (χ3v) is 4.52. The van der Waals surface area contributed by atoms with E-state index in [0.717, 1.165) is 35.9 Å². The molecule has 24 heavy (non-hydrogen) atoms. The monoisotopic (exact) mass is 340 g/mol. The first-order valence-corrected chi connectivity index (χ1v) is 7.57. The van der Waals surface area contributed by atoms with Crippen LogP contribution >= 0.6 is 0 Å². The van der Waals surface area contributed by atoms with E-state index in [9.17, 15) is 27.6 Å². The molecule has 8 heteroatoms. The lowest BCUT2D eigenvalue weighted by atomic mass is 9.98. The fraction of sp³-hybridized carbons (Fsp3) is 0.438. The quantitative estimate of drug-likeness (QED) is 0.680. The van der Waals surface area contributed by atoms with Gasteiger partial charge in [-0.2, -0.15) is 13.2 Å². The van der Waals surface area contributed by atoms with E-state index in [1.54, 1.807) is 0 Å². The van der Waals surface area contributed by atoms with Crippen LogP contribution in [0.5, 0.6) is 0 Å². The Balaban J connectivity index is 1.78. The normalized spacial score (nSPS) is 19.9. The van der Waals surface area contributed by atoms with Crippen LogP contribution in [0.1, 0.15) is 41.6 Å². The fourth-order valence-corrected chi connectivity index (χ4v) is 3.24. The molecule has 0 bridgehead atoms. The van der Waals surface area contributed by atoms with Gasteiger partial charge in [0, 0.05) is 5.56 Å². The van der Waals surface area contributed by atoms with Gasteiger partial charge in [-0.15, -0.1) is 0 Å². The predicted octanol–water partition coefficient (Wildman–Crippen LogP) is 2.75. The van der Waals surface area contributed by atoms with Crippen molar-refractivity contribution in [2.45, 2.75) is 37.4 Å². The lowest BCUT2D eigenvalue weighted by Gasteiger charge is -2.19. The molecule has 2 fully saturated rings. The number of hydrogen-bond donors (Lipinski definition) is 1. The number of ketones is 1. The van der Waals surface area contributed by atoms with Crippen LogP contribution in [0.2, 0.25) is 0 Å². The molecular weight excluding hydrogens is 325 g/mol. The van der Waals surface area contributed by atoms with Gasteiger partial charge in [-0.25, -0.2) is 4.79 Å². The number of Topliss-reactive ketones (excluding diaryl/α,β-unsaturated/α-hetero) is 1. The first kappa shape index (κ1) is 16.5. The van der Waals surface area contributed by atoms with Crippen molar-refractivity contribution in [1.82, 2.24) is 10.2 Å². The maximum absolute atomic E-state index is 12.7. The molecule has 1 aliphatic carbocycles. The van der Waals surface area contributed by atoms with Crippen LogP contribution in [-0.2, 0) is 11.0 Å². The Morgan fingerprint density at radius 1 is 1.21 bits per heavy atom. The minimum atomic E-state index is -4.56. The number of imide groups is 1. The number of benzene rings is 1. The molecule has 1 N–H and O–H groups in total. The van der Waals surface area contributed by atoms with E-state index in [1.165, 1.54) is 6.07 Å². The summed E-state index contributed by atoms with van der Waals surface area (Å²) in [6.07, 6.45) is -1.91. The molecule has 3 amide bonds. The molecule has 1 aromatic rings. The van der Waals surface area contributed by atoms with Crippen molar-refractivity contribution < 1.29 is 27.6 Å². The predicted molar refractivity (Wildman–Crippen MR) is 77.2 cm³/mol. The summed E-state index contributed by atoms with van der Waals surface area (Å²) in [6.45, 7) is -0.562. The Kier molecular flexibility index (Phi) is 3.85. The van der Waals surface area contributed by atoms with Gasteiger partial charge >= 0.3 is 12.2 Å². The number of alkyl halides is 3. The van der Waals surface area contributed by atoms with Crippen molar-refractivity contribution in [3.63, 3.8) is 0 Å². The Morgan fingerprint density at radius 3 is 2.50 bits per heavy atom. The summed E-state index contributed by atoms with van der Waals surface area (Å²) >= 11 is 0. The summed E-state index contributed by atoms with van der Waals surface area (Å²) in [5.74, 6) is -1.18. The van der Waals surface area contributed by atoms with Gasteiger partial charge in [-0.1, -0.05) is 25.0 Å². The summed E-state index contributed by atoms with van der Waals surface area (Å²) in [5.41, 5.74) is -2.07. The largest absolute Gasteiger partial charge is 0.416 e. The Morgan fingerprint density at radius 2 is 1.88 bits per heavy atom. The molecule has 1 aromatic carbocycles. The summed E-state index contributed by atoms with van der Waals surface area (Å²) < 4.78 is 38.2. The second-order valence-electron chi connectivity index (χ2n) is 6.11. The lowest BCUT2D eigenvalue weighted by Crippen LogP contribution is -2.44. The molecule has 1 saturated heterocycles. The summed E-state index contributed by atoms with van der Waals surface area (Å²) in [4.78, 5) is 37.5. The fourth-order valence-electron chi connectivity index (χ4n) is 3.24. The highest BCUT2D eigenvalue weighted by atomic mass is 19.4. The average Bonchev–Trinajstić information content (AvgIpc) is 3.08. The SMILES string of the molecule is O=C(CN1C(=O)NC2(CCCC2)C1=O)c1cccc(C(F)(F)F)c1. The molecular formula is C16H15F3N2O3. The number of carbonyl (C=O) groups excluding carboxylic acids is 3. The second-order valence-corrected chi connectivity index (χ2v) is 6.11. The molecule has 0 radical (unpaired) electrons. The Bertz CT molecular complexity index is 709. The van der Waals surface area contributed by atoms with Crippen molar-refractivity contribution in [2.75, 3.05) is 6.54 Å². The van der Waals surface area contributed by atoms with E-state index in [-0.39, 0.29) is 5.56 Å². The van der Waals surface area contributed by atoms with Gasteiger partial charge in [-0.05, 0) is 25.0 Å². The third-order valence-electron chi connectivity index (χ3n) is 4.52. The Hall–Kier alpha value is -2.38. The van der Waals surface area contributed by atoms with E-state index < -0.39 is 41.5 Å². The molecule has 0 aromatic heterocycles. The average molecular weight is 340 g/mol. The minimum absolute atomic E-state index is 0.183. The smallest absolute Gasteiger partial charge is 0.323 e. The van der Waals surface area contributed by atoms with Crippen LogP contribution in [0.25, 0.3) is 0 Å². The van der Waals surface area contributed by atoms with E-state index in [1.807, 2.05) is 0 Å². The van der Waals surface area contributed by atoms with Crippen molar-refractivity contribution in [3.05, 3.63) is 35.4 Å². The van der Waals surface area contributed by atoms with E-state index in [2.05, 4.69) is 5.32 Å². The molecule has 0 atom stereocenters. The van der Waals surface area contributed by atoms with Crippen LogP contribution in [-0.4, -0.2) is 34.7 Å². The van der Waals surface area contributed by atoms with Crippen LogP contribution < -0.4 is 5.32 Å². The molecule has 0 unspecified atom stereocenters. The van der Waals surface area contributed by atoms with Crippen LogP contribution in [0.4, 0.5) is 18.0 Å². The number of halogens is 3. The summed E-state index contributed by atoms with van der Waals surface area (Å²) in [7, 11) is 0. The Labute approximate surface area is 135 Å². The molecule has 1 heterocycles. The van der Waals surface area contributed by atoms with Crippen LogP contribution in [0.3, 0.4) is 0 Å². The maximum Gasteiger partial charge on any atom is 0.416 e. The number of amides is 3. The highest BCUT2D eigenvalue weighted by molar-refractivity contribution is 6.11. The molecule has 3 rings (SSSR count). The molecule has 2 aliphatic rings. The van der Waals surface area contributed by atoms with E-state index in [0.29, 0.717) is 12.8 Å².